The molecular formula is C10H13IS. The average molecular weight is 292 g/mol. The normalized spacial score (nSPS) is 12.8. The van der Waals surface area contributed by atoms with Gasteiger partial charge >= 0.3 is 0 Å². The highest BCUT2D eigenvalue weighted by Crippen LogP contribution is 2.19. The van der Waals surface area contributed by atoms with Crippen LogP contribution >= 0.6 is 34.4 Å². The zero-order chi connectivity index (χ0) is 8.81. The number of halogens is 1. The summed E-state index contributed by atoms with van der Waals surface area (Å²) < 4.78 is 0.791. The van der Waals surface area contributed by atoms with Crippen LogP contribution in [0, 0.1) is 0 Å². The van der Waals surface area contributed by atoms with Crippen LogP contribution in [0.1, 0.15) is 13.3 Å². The van der Waals surface area contributed by atoms with Crippen LogP contribution < -0.4 is 0 Å². The molecule has 1 atom stereocenters. The fourth-order valence-electron chi connectivity index (χ4n) is 0.856. The molecule has 0 bridgehead atoms. The predicted molar refractivity (Wildman–Crippen MR) is 65.3 cm³/mol. The van der Waals surface area contributed by atoms with E-state index in [0.29, 0.717) is 0 Å². The number of benzene rings is 1. The Labute approximate surface area is 92.3 Å². The number of rotatable bonds is 4. The maximum atomic E-state index is 2.47. The highest BCUT2D eigenvalue weighted by molar-refractivity contribution is 14.1. The van der Waals surface area contributed by atoms with E-state index in [1.54, 1.807) is 0 Å². The van der Waals surface area contributed by atoms with E-state index in [1.807, 2.05) is 11.8 Å². The van der Waals surface area contributed by atoms with E-state index in [0.717, 1.165) is 3.92 Å². The summed E-state index contributed by atoms with van der Waals surface area (Å²) >= 11 is 4.42. The molecule has 1 aromatic carbocycles. The Balaban J connectivity index is 2.25. The van der Waals surface area contributed by atoms with Gasteiger partial charge in [0.25, 0.3) is 0 Å². The molecule has 0 aliphatic carbocycles. The van der Waals surface area contributed by atoms with E-state index in [9.17, 15) is 0 Å². The average Bonchev–Trinajstić information content (AvgIpc) is 2.05. The van der Waals surface area contributed by atoms with Gasteiger partial charge in [-0.3, -0.25) is 0 Å². The molecule has 0 radical (unpaired) electrons. The Morgan fingerprint density at radius 3 is 2.58 bits per heavy atom. The molecule has 0 saturated carbocycles. The smallest absolute Gasteiger partial charge is 0.00892 e. The zero-order valence-corrected chi connectivity index (χ0v) is 10.1. The molecule has 0 heterocycles. The van der Waals surface area contributed by atoms with E-state index >= 15 is 0 Å². The lowest BCUT2D eigenvalue weighted by atomic mass is 10.4. The number of alkyl halides is 1. The molecule has 0 N–H and O–H groups in total. The minimum absolute atomic E-state index is 0.791. The number of hydrogen-bond donors (Lipinski definition) is 0. The molecule has 0 nitrogen and oxygen atoms in total. The first-order chi connectivity index (χ1) is 5.79. The topological polar surface area (TPSA) is 0 Å². The van der Waals surface area contributed by atoms with Crippen molar-refractivity contribution in [2.24, 2.45) is 0 Å². The van der Waals surface area contributed by atoms with Gasteiger partial charge in [-0.25, -0.2) is 0 Å². The molecule has 0 spiro atoms. The molecule has 0 fully saturated rings. The number of hydrogen-bond acceptors (Lipinski definition) is 1. The van der Waals surface area contributed by atoms with Crippen LogP contribution in [0.2, 0.25) is 0 Å². The van der Waals surface area contributed by atoms with Crippen LogP contribution in [0.5, 0.6) is 0 Å². The van der Waals surface area contributed by atoms with Crippen molar-refractivity contribution in [2.75, 3.05) is 5.75 Å². The van der Waals surface area contributed by atoms with Crippen molar-refractivity contribution in [3.63, 3.8) is 0 Å². The van der Waals surface area contributed by atoms with Gasteiger partial charge in [-0.1, -0.05) is 47.7 Å². The third-order valence-corrected chi connectivity index (χ3v) is 3.20. The van der Waals surface area contributed by atoms with Gasteiger partial charge in [0.1, 0.15) is 0 Å². The molecule has 2 heteroatoms. The molecule has 1 rings (SSSR count). The molecule has 0 aromatic heterocycles. The minimum atomic E-state index is 0.791. The Kier molecular flexibility index (Phi) is 5.07. The second-order valence-electron chi connectivity index (χ2n) is 2.73. The van der Waals surface area contributed by atoms with E-state index < -0.39 is 0 Å². The highest BCUT2D eigenvalue weighted by Gasteiger charge is 1.96. The van der Waals surface area contributed by atoms with Gasteiger partial charge in [0.05, 0.1) is 0 Å². The zero-order valence-electron chi connectivity index (χ0n) is 7.16. The van der Waals surface area contributed by atoms with Gasteiger partial charge in [0, 0.05) is 8.82 Å². The van der Waals surface area contributed by atoms with Crippen LogP contribution in [0.15, 0.2) is 35.2 Å². The molecular weight excluding hydrogens is 279 g/mol. The van der Waals surface area contributed by atoms with Gasteiger partial charge in [0.2, 0.25) is 0 Å². The summed E-state index contributed by atoms with van der Waals surface area (Å²) in [5, 5.41) is 0. The van der Waals surface area contributed by atoms with Crippen molar-refractivity contribution in [2.45, 2.75) is 22.2 Å². The Hall–Kier alpha value is 0.300. The maximum absolute atomic E-state index is 2.47. The Morgan fingerprint density at radius 1 is 1.33 bits per heavy atom. The summed E-state index contributed by atoms with van der Waals surface area (Å²) in [5.41, 5.74) is 0. The minimum Gasteiger partial charge on any atom is -0.126 e. The van der Waals surface area contributed by atoms with Crippen molar-refractivity contribution in [1.29, 1.82) is 0 Å². The molecule has 1 unspecified atom stereocenters. The lowest BCUT2D eigenvalue weighted by Crippen LogP contribution is -1.91. The van der Waals surface area contributed by atoms with E-state index in [-0.39, 0.29) is 0 Å². The van der Waals surface area contributed by atoms with Crippen molar-refractivity contribution in [3.8, 4) is 0 Å². The summed E-state index contributed by atoms with van der Waals surface area (Å²) in [4.78, 5) is 1.38. The van der Waals surface area contributed by atoms with Crippen molar-refractivity contribution in [1.82, 2.24) is 0 Å². The first-order valence-electron chi connectivity index (χ1n) is 4.11. The second-order valence-corrected chi connectivity index (χ2v) is 6.03. The van der Waals surface area contributed by atoms with E-state index in [1.165, 1.54) is 17.1 Å². The van der Waals surface area contributed by atoms with Crippen LogP contribution in [0.25, 0.3) is 0 Å². The lowest BCUT2D eigenvalue weighted by molar-refractivity contribution is 0.949. The van der Waals surface area contributed by atoms with Gasteiger partial charge < -0.3 is 0 Å². The summed E-state index contributed by atoms with van der Waals surface area (Å²) in [7, 11) is 0. The lowest BCUT2D eigenvalue weighted by Gasteiger charge is -2.02. The summed E-state index contributed by atoms with van der Waals surface area (Å²) in [6, 6.07) is 10.6. The van der Waals surface area contributed by atoms with Gasteiger partial charge in [0.15, 0.2) is 0 Å². The standard InChI is InChI=1S/C10H13IS/c1-9(11)7-8-12-10-5-3-2-4-6-10/h2-6,9H,7-8H2,1H3. The SMILES string of the molecule is CC(I)CCSc1ccccc1. The molecule has 1 aromatic rings. The largest absolute Gasteiger partial charge is 0.126 e. The van der Waals surface area contributed by atoms with Gasteiger partial charge in [-0.05, 0) is 24.3 Å². The van der Waals surface area contributed by atoms with Gasteiger partial charge in [-0.2, -0.15) is 0 Å². The predicted octanol–water partition coefficient (Wildman–Crippen LogP) is 3.99. The molecule has 66 valence electrons. The van der Waals surface area contributed by atoms with Crippen molar-refractivity contribution >= 4 is 34.4 Å². The molecule has 0 saturated heterocycles. The van der Waals surface area contributed by atoms with Crippen LogP contribution in [-0.2, 0) is 0 Å². The molecule has 12 heavy (non-hydrogen) atoms. The third-order valence-electron chi connectivity index (χ3n) is 1.53. The monoisotopic (exact) mass is 292 g/mol. The van der Waals surface area contributed by atoms with Crippen LogP contribution in [0.3, 0.4) is 0 Å². The second kappa shape index (κ2) is 5.86. The Morgan fingerprint density at radius 2 is 2.00 bits per heavy atom. The first kappa shape index (κ1) is 10.4. The molecule has 0 amide bonds. The molecule has 0 aliphatic rings. The highest BCUT2D eigenvalue weighted by atomic mass is 127. The summed E-state index contributed by atoms with van der Waals surface area (Å²) in [5.74, 6) is 1.23. The maximum Gasteiger partial charge on any atom is 0.00892 e. The van der Waals surface area contributed by atoms with Crippen molar-refractivity contribution < 1.29 is 0 Å². The molecule has 0 aliphatic heterocycles. The third kappa shape index (κ3) is 4.36. The number of thioether (sulfide) groups is 1. The van der Waals surface area contributed by atoms with E-state index in [4.69, 9.17) is 0 Å². The quantitative estimate of drug-likeness (QED) is 0.459. The summed E-state index contributed by atoms with van der Waals surface area (Å²) in [6.07, 6.45) is 1.29. The van der Waals surface area contributed by atoms with Crippen LogP contribution in [0.4, 0.5) is 0 Å². The van der Waals surface area contributed by atoms with Crippen LogP contribution in [-0.4, -0.2) is 9.68 Å². The fraction of sp³-hybridized carbons (Fsp3) is 0.400. The van der Waals surface area contributed by atoms with E-state index in [2.05, 4.69) is 59.8 Å². The fourth-order valence-corrected chi connectivity index (χ4v) is 2.65. The first-order valence-corrected chi connectivity index (χ1v) is 6.34. The van der Waals surface area contributed by atoms with Crippen molar-refractivity contribution in [3.05, 3.63) is 30.3 Å². The Bertz CT molecular complexity index is 208. The van der Waals surface area contributed by atoms with Gasteiger partial charge in [-0.15, -0.1) is 11.8 Å². The summed E-state index contributed by atoms with van der Waals surface area (Å²) in [6.45, 7) is 2.26.